The molecule has 0 bridgehead atoms. The van der Waals surface area contributed by atoms with Gasteiger partial charge in [0.25, 0.3) is 0 Å². The molecule has 1 saturated carbocycles. The molecule has 2 aromatic rings. The van der Waals surface area contributed by atoms with Crippen molar-refractivity contribution in [3.05, 3.63) is 34.5 Å². The standard InChI is InChI=1S/C23H27ClN4O6/c1-34-23(33)17(28-21(30)14(25)6-10-2-3-10)9-12-8-15(27-20(12)29)13-5-4-11-7-16(22(31)32)26-19(11)18(13)24/h4-5,7,10,12,14-15,17,26H,2-3,6,8-9,25H2,1H3,(H,27,29)(H,28,30)(H,31,32)/t12-,14-,15?,17-/m0/s1. The second-order valence-electron chi connectivity index (χ2n) is 9.02. The topological polar surface area (TPSA) is 164 Å². The van der Waals surface area contributed by atoms with Crippen LogP contribution < -0.4 is 16.4 Å². The van der Waals surface area contributed by atoms with Crippen LogP contribution in [0.2, 0.25) is 5.02 Å². The number of aromatic nitrogens is 1. The number of fused-ring (bicyclic) bond motifs is 1. The highest BCUT2D eigenvalue weighted by atomic mass is 35.5. The summed E-state index contributed by atoms with van der Waals surface area (Å²) in [5, 5.41) is 15.7. The molecular formula is C23H27ClN4O6. The quantitative estimate of drug-likeness (QED) is 0.335. The monoisotopic (exact) mass is 490 g/mol. The summed E-state index contributed by atoms with van der Waals surface area (Å²) in [4.78, 5) is 51.6. The van der Waals surface area contributed by atoms with Crippen LogP contribution in [0, 0.1) is 11.8 Å². The lowest BCUT2D eigenvalue weighted by atomic mass is 9.93. The molecule has 0 radical (unpaired) electrons. The molecule has 1 aromatic heterocycles. The van der Waals surface area contributed by atoms with Gasteiger partial charge in [-0.25, -0.2) is 9.59 Å². The number of aromatic carboxylic acids is 1. The number of amides is 2. The number of halogens is 1. The molecular weight excluding hydrogens is 464 g/mol. The lowest BCUT2D eigenvalue weighted by Crippen LogP contribution is -2.49. The van der Waals surface area contributed by atoms with Gasteiger partial charge >= 0.3 is 11.9 Å². The van der Waals surface area contributed by atoms with Crippen molar-refractivity contribution < 1.29 is 29.0 Å². The third-order valence-corrected chi connectivity index (χ3v) is 6.93. The molecule has 10 nitrogen and oxygen atoms in total. The summed E-state index contributed by atoms with van der Waals surface area (Å²) in [5.74, 6) is -2.58. The maximum absolute atomic E-state index is 12.7. The molecule has 1 aliphatic carbocycles. The molecule has 182 valence electrons. The minimum Gasteiger partial charge on any atom is -0.477 e. The van der Waals surface area contributed by atoms with Crippen LogP contribution in [0.5, 0.6) is 0 Å². The molecule has 2 fully saturated rings. The number of carboxylic acid groups (broad SMARTS) is 1. The Kier molecular flexibility index (Phi) is 6.81. The van der Waals surface area contributed by atoms with Crippen molar-refractivity contribution in [1.29, 1.82) is 0 Å². The number of rotatable bonds is 9. The lowest BCUT2D eigenvalue weighted by molar-refractivity contribution is -0.146. The molecule has 1 saturated heterocycles. The van der Waals surface area contributed by atoms with Crippen LogP contribution in [0.1, 0.15) is 54.2 Å². The minimum atomic E-state index is -1.10. The van der Waals surface area contributed by atoms with E-state index in [1.807, 2.05) is 0 Å². The van der Waals surface area contributed by atoms with E-state index in [0.29, 0.717) is 40.2 Å². The molecule has 4 atom stereocenters. The van der Waals surface area contributed by atoms with Gasteiger partial charge in [-0.05, 0) is 36.8 Å². The lowest BCUT2D eigenvalue weighted by Gasteiger charge is -2.21. The molecule has 1 aliphatic heterocycles. The second kappa shape index (κ2) is 9.63. The number of benzene rings is 1. The molecule has 1 unspecified atom stereocenters. The maximum atomic E-state index is 12.7. The van der Waals surface area contributed by atoms with E-state index >= 15 is 0 Å². The van der Waals surface area contributed by atoms with Gasteiger partial charge in [-0.15, -0.1) is 0 Å². The van der Waals surface area contributed by atoms with Gasteiger partial charge in [0.2, 0.25) is 11.8 Å². The number of H-pyrrole nitrogens is 1. The largest absolute Gasteiger partial charge is 0.477 e. The molecule has 4 rings (SSSR count). The van der Waals surface area contributed by atoms with Gasteiger partial charge in [0.1, 0.15) is 11.7 Å². The Hall–Kier alpha value is -3.11. The van der Waals surface area contributed by atoms with Gasteiger partial charge in [-0.2, -0.15) is 0 Å². The van der Waals surface area contributed by atoms with Crippen LogP contribution in [0.25, 0.3) is 10.9 Å². The van der Waals surface area contributed by atoms with Gasteiger partial charge in [-0.3, -0.25) is 9.59 Å². The van der Waals surface area contributed by atoms with Crippen LogP contribution in [0.3, 0.4) is 0 Å². The normalized spacial score (nSPS) is 21.7. The Bertz CT molecular complexity index is 1140. The number of nitrogens with two attached hydrogens (primary N) is 1. The van der Waals surface area contributed by atoms with E-state index in [4.69, 9.17) is 22.1 Å². The SMILES string of the molecule is COC(=O)[C@H](C[C@@H]1CC(c2ccc3cc(C(=O)O)[nH]c3c2Cl)NC1=O)NC(=O)[C@@H](N)CC1CC1. The van der Waals surface area contributed by atoms with Crippen molar-refractivity contribution in [2.24, 2.45) is 17.6 Å². The van der Waals surface area contributed by atoms with E-state index in [0.717, 1.165) is 12.8 Å². The molecule has 1 aromatic carbocycles. The highest BCUT2D eigenvalue weighted by Gasteiger charge is 2.38. The number of carbonyl (C=O) groups excluding carboxylic acids is 3. The first-order valence-corrected chi connectivity index (χ1v) is 11.5. The summed E-state index contributed by atoms with van der Waals surface area (Å²) in [5.41, 5.74) is 7.08. The first kappa shape index (κ1) is 24.0. The summed E-state index contributed by atoms with van der Waals surface area (Å²) < 4.78 is 4.83. The predicted octanol–water partition coefficient (Wildman–Crippen LogP) is 1.87. The van der Waals surface area contributed by atoms with Gasteiger partial charge in [0, 0.05) is 11.3 Å². The van der Waals surface area contributed by atoms with Crippen molar-refractivity contribution in [3.8, 4) is 0 Å². The van der Waals surface area contributed by atoms with Crippen LogP contribution in [-0.4, -0.2) is 53.0 Å². The van der Waals surface area contributed by atoms with Crippen molar-refractivity contribution in [2.45, 2.75) is 50.2 Å². The van der Waals surface area contributed by atoms with Crippen molar-refractivity contribution in [3.63, 3.8) is 0 Å². The Labute approximate surface area is 200 Å². The highest BCUT2D eigenvalue weighted by molar-refractivity contribution is 6.36. The van der Waals surface area contributed by atoms with Crippen molar-refractivity contribution in [2.75, 3.05) is 7.11 Å². The number of carboxylic acids is 1. The zero-order chi connectivity index (χ0) is 24.6. The van der Waals surface area contributed by atoms with Gasteiger partial charge < -0.3 is 31.2 Å². The number of carbonyl (C=O) groups is 4. The van der Waals surface area contributed by atoms with Crippen LogP contribution >= 0.6 is 11.6 Å². The first-order chi connectivity index (χ1) is 16.2. The van der Waals surface area contributed by atoms with Crippen LogP contribution in [-0.2, 0) is 19.1 Å². The summed E-state index contributed by atoms with van der Waals surface area (Å²) in [6, 6.07) is 2.81. The Morgan fingerprint density at radius 1 is 1.29 bits per heavy atom. The number of esters is 1. The fourth-order valence-corrected chi connectivity index (χ4v) is 4.80. The maximum Gasteiger partial charge on any atom is 0.352 e. The van der Waals surface area contributed by atoms with E-state index < -0.39 is 41.9 Å². The van der Waals surface area contributed by atoms with E-state index in [-0.39, 0.29) is 18.0 Å². The number of methoxy groups -OCH3 is 1. The first-order valence-electron chi connectivity index (χ1n) is 11.2. The van der Waals surface area contributed by atoms with E-state index in [1.54, 1.807) is 12.1 Å². The van der Waals surface area contributed by atoms with E-state index in [1.165, 1.54) is 13.2 Å². The number of nitrogens with one attached hydrogen (secondary N) is 3. The number of aromatic amines is 1. The van der Waals surface area contributed by atoms with E-state index in [9.17, 15) is 24.3 Å². The number of hydrogen-bond donors (Lipinski definition) is 5. The summed E-state index contributed by atoms with van der Waals surface area (Å²) in [6.07, 6.45) is 3.07. The molecule has 6 N–H and O–H groups in total. The third kappa shape index (κ3) is 5.02. The van der Waals surface area contributed by atoms with Crippen LogP contribution in [0.15, 0.2) is 18.2 Å². The molecule has 34 heavy (non-hydrogen) atoms. The Morgan fingerprint density at radius 2 is 2.03 bits per heavy atom. The summed E-state index contributed by atoms with van der Waals surface area (Å²) in [7, 11) is 1.22. The fraction of sp³-hybridized carbons (Fsp3) is 0.478. The summed E-state index contributed by atoms with van der Waals surface area (Å²) >= 11 is 6.54. The zero-order valence-corrected chi connectivity index (χ0v) is 19.4. The highest BCUT2D eigenvalue weighted by Crippen LogP contribution is 2.38. The van der Waals surface area contributed by atoms with Crippen molar-refractivity contribution in [1.82, 2.24) is 15.6 Å². The molecule has 2 amide bonds. The second-order valence-corrected chi connectivity index (χ2v) is 9.40. The zero-order valence-electron chi connectivity index (χ0n) is 18.6. The fourth-order valence-electron chi connectivity index (χ4n) is 4.45. The molecule has 0 spiro atoms. The average molecular weight is 491 g/mol. The molecule has 2 heterocycles. The molecule has 11 heteroatoms. The van der Waals surface area contributed by atoms with Crippen LogP contribution in [0.4, 0.5) is 0 Å². The Morgan fingerprint density at radius 3 is 2.68 bits per heavy atom. The number of ether oxygens (including phenoxy) is 1. The Balaban J connectivity index is 1.47. The third-order valence-electron chi connectivity index (χ3n) is 6.52. The average Bonchev–Trinajstić information content (AvgIpc) is 3.37. The van der Waals surface area contributed by atoms with Gasteiger partial charge in [0.15, 0.2) is 0 Å². The van der Waals surface area contributed by atoms with Gasteiger partial charge in [-0.1, -0.05) is 36.6 Å². The van der Waals surface area contributed by atoms with E-state index in [2.05, 4.69) is 15.6 Å². The van der Waals surface area contributed by atoms with Gasteiger partial charge in [0.05, 0.1) is 29.7 Å². The minimum absolute atomic E-state index is 0.0129. The molecule has 2 aliphatic rings. The number of hydrogen-bond acceptors (Lipinski definition) is 6. The summed E-state index contributed by atoms with van der Waals surface area (Å²) in [6.45, 7) is 0. The predicted molar refractivity (Wildman–Crippen MR) is 123 cm³/mol. The van der Waals surface area contributed by atoms with Crippen molar-refractivity contribution >= 4 is 46.3 Å². The smallest absolute Gasteiger partial charge is 0.352 e.